The second-order valence-corrected chi connectivity index (χ2v) is 2.96. The number of amides is 1. The van der Waals surface area contributed by atoms with Crippen molar-refractivity contribution in [3.05, 3.63) is 0 Å². The standard InChI is InChI=1S/C10H16N2O3/c1-4-6-11-9(13)7-12(3)8-10(14)15-5-2/h1H,5-8H2,2-3H3,(H,11,13). The molecule has 0 atom stereocenters. The summed E-state index contributed by atoms with van der Waals surface area (Å²) >= 11 is 0. The van der Waals surface area contributed by atoms with Gasteiger partial charge in [0.05, 0.1) is 26.2 Å². The molecule has 0 aromatic rings. The van der Waals surface area contributed by atoms with E-state index in [2.05, 4.69) is 11.2 Å². The summed E-state index contributed by atoms with van der Waals surface area (Å²) < 4.78 is 4.73. The third-order valence-corrected chi connectivity index (χ3v) is 1.51. The van der Waals surface area contributed by atoms with Gasteiger partial charge < -0.3 is 10.1 Å². The zero-order chi connectivity index (χ0) is 11.7. The average Bonchev–Trinajstić information content (AvgIpc) is 2.14. The van der Waals surface area contributed by atoms with Crippen LogP contribution in [-0.2, 0) is 14.3 Å². The van der Waals surface area contributed by atoms with Gasteiger partial charge in [0.25, 0.3) is 0 Å². The number of likely N-dealkylation sites (N-methyl/N-ethyl adjacent to an activating group) is 1. The summed E-state index contributed by atoms with van der Waals surface area (Å²) in [5.74, 6) is 1.74. The molecule has 0 saturated heterocycles. The quantitative estimate of drug-likeness (QED) is 0.464. The van der Waals surface area contributed by atoms with Crippen LogP contribution in [0.4, 0.5) is 0 Å². The molecular weight excluding hydrogens is 196 g/mol. The zero-order valence-corrected chi connectivity index (χ0v) is 9.08. The van der Waals surface area contributed by atoms with Crippen molar-refractivity contribution in [1.29, 1.82) is 0 Å². The summed E-state index contributed by atoms with van der Waals surface area (Å²) in [5, 5.41) is 2.50. The predicted octanol–water partition coefficient (Wildman–Crippen LogP) is -0.769. The van der Waals surface area contributed by atoms with Crippen LogP contribution in [0.1, 0.15) is 6.92 Å². The van der Waals surface area contributed by atoms with Gasteiger partial charge in [-0.3, -0.25) is 14.5 Å². The molecule has 0 fully saturated rings. The molecule has 0 aliphatic rings. The molecular formula is C10H16N2O3. The number of nitrogens with one attached hydrogen (secondary N) is 1. The van der Waals surface area contributed by atoms with Crippen molar-refractivity contribution in [3.63, 3.8) is 0 Å². The smallest absolute Gasteiger partial charge is 0.320 e. The highest BCUT2D eigenvalue weighted by molar-refractivity contribution is 5.79. The topological polar surface area (TPSA) is 58.6 Å². The van der Waals surface area contributed by atoms with Crippen molar-refractivity contribution in [2.45, 2.75) is 6.92 Å². The summed E-state index contributed by atoms with van der Waals surface area (Å²) in [7, 11) is 1.66. The SMILES string of the molecule is C#CCNC(=O)CN(C)CC(=O)OCC. The first kappa shape index (κ1) is 13.5. The van der Waals surface area contributed by atoms with E-state index in [4.69, 9.17) is 11.2 Å². The molecule has 5 nitrogen and oxygen atoms in total. The van der Waals surface area contributed by atoms with E-state index >= 15 is 0 Å². The third kappa shape index (κ3) is 7.52. The summed E-state index contributed by atoms with van der Waals surface area (Å²) in [6, 6.07) is 0. The van der Waals surface area contributed by atoms with E-state index in [0.717, 1.165) is 0 Å². The number of esters is 1. The number of ether oxygens (including phenoxy) is 1. The van der Waals surface area contributed by atoms with Crippen molar-refractivity contribution in [2.24, 2.45) is 0 Å². The van der Waals surface area contributed by atoms with Gasteiger partial charge in [-0.05, 0) is 14.0 Å². The van der Waals surface area contributed by atoms with E-state index < -0.39 is 0 Å². The summed E-state index contributed by atoms with van der Waals surface area (Å²) in [5.41, 5.74) is 0. The van der Waals surface area contributed by atoms with Crippen LogP contribution >= 0.6 is 0 Å². The number of hydrogen-bond acceptors (Lipinski definition) is 4. The maximum atomic E-state index is 11.2. The van der Waals surface area contributed by atoms with Gasteiger partial charge in [-0.2, -0.15) is 0 Å². The van der Waals surface area contributed by atoms with E-state index in [0.29, 0.717) is 6.61 Å². The van der Waals surface area contributed by atoms with Gasteiger partial charge in [-0.25, -0.2) is 0 Å². The second kappa shape index (κ2) is 7.83. The third-order valence-electron chi connectivity index (χ3n) is 1.51. The molecule has 0 aliphatic carbocycles. The normalized spacial score (nSPS) is 9.47. The Morgan fingerprint density at radius 2 is 2.13 bits per heavy atom. The van der Waals surface area contributed by atoms with E-state index in [-0.39, 0.29) is 31.5 Å². The number of nitrogens with zero attached hydrogens (tertiary/aromatic N) is 1. The highest BCUT2D eigenvalue weighted by Crippen LogP contribution is 1.85. The minimum absolute atomic E-state index is 0.0946. The Balaban J connectivity index is 3.73. The Morgan fingerprint density at radius 1 is 1.47 bits per heavy atom. The van der Waals surface area contributed by atoms with Crippen LogP contribution in [0.25, 0.3) is 0 Å². The molecule has 0 bridgehead atoms. The number of rotatable bonds is 6. The van der Waals surface area contributed by atoms with Crippen molar-refractivity contribution < 1.29 is 14.3 Å². The minimum atomic E-state index is -0.343. The fourth-order valence-electron chi connectivity index (χ4n) is 0.934. The lowest BCUT2D eigenvalue weighted by Gasteiger charge is -2.14. The summed E-state index contributed by atoms with van der Waals surface area (Å²) in [4.78, 5) is 23.7. The lowest BCUT2D eigenvalue weighted by molar-refractivity contribution is -0.144. The van der Waals surface area contributed by atoms with Gasteiger partial charge in [0.2, 0.25) is 5.91 Å². The maximum Gasteiger partial charge on any atom is 0.320 e. The van der Waals surface area contributed by atoms with E-state index in [1.165, 1.54) is 0 Å². The molecule has 0 radical (unpaired) electrons. The molecule has 5 heteroatoms. The molecule has 1 amide bonds. The highest BCUT2D eigenvalue weighted by Gasteiger charge is 2.10. The van der Waals surface area contributed by atoms with E-state index in [9.17, 15) is 9.59 Å². The molecule has 0 heterocycles. The molecule has 0 aliphatic heterocycles. The number of carbonyl (C=O) groups is 2. The molecule has 0 aromatic carbocycles. The molecule has 1 N–H and O–H groups in total. The Kier molecular flexibility index (Phi) is 7.02. The van der Waals surface area contributed by atoms with Gasteiger partial charge in [0, 0.05) is 0 Å². The molecule has 0 unspecified atom stereocenters. The number of terminal acetylenes is 1. The van der Waals surface area contributed by atoms with E-state index in [1.807, 2.05) is 0 Å². The Labute approximate surface area is 89.8 Å². The van der Waals surface area contributed by atoms with Gasteiger partial charge in [0.1, 0.15) is 0 Å². The lowest BCUT2D eigenvalue weighted by Crippen LogP contribution is -2.38. The van der Waals surface area contributed by atoms with Crippen molar-refractivity contribution in [3.8, 4) is 12.3 Å². The molecule has 0 rings (SSSR count). The van der Waals surface area contributed by atoms with Gasteiger partial charge in [-0.15, -0.1) is 6.42 Å². The van der Waals surface area contributed by atoms with Crippen molar-refractivity contribution in [2.75, 3.05) is 33.3 Å². The van der Waals surface area contributed by atoms with Crippen LogP contribution in [0.3, 0.4) is 0 Å². The first-order valence-corrected chi connectivity index (χ1v) is 4.64. The first-order valence-electron chi connectivity index (χ1n) is 4.64. The first-order chi connectivity index (χ1) is 7.10. The molecule has 0 saturated carbocycles. The van der Waals surface area contributed by atoms with Crippen LogP contribution in [0.5, 0.6) is 0 Å². The highest BCUT2D eigenvalue weighted by atomic mass is 16.5. The van der Waals surface area contributed by atoms with Crippen molar-refractivity contribution in [1.82, 2.24) is 10.2 Å². The van der Waals surface area contributed by atoms with Gasteiger partial charge >= 0.3 is 5.97 Å². The molecule has 15 heavy (non-hydrogen) atoms. The monoisotopic (exact) mass is 212 g/mol. The summed E-state index contributed by atoms with van der Waals surface area (Å²) in [6.07, 6.45) is 4.98. The maximum absolute atomic E-state index is 11.2. The van der Waals surface area contributed by atoms with E-state index in [1.54, 1.807) is 18.9 Å². The van der Waals surface area contributed by atoms with Crippen LogP contribution in [0.2, 0.25) is 0 Å². The molecule has 0 aromatic heterocycles. The Morgan fingerprint density at radius 3 is 2.67 bits per heavy atom. The van der Waals surface area contributed by atoms with Gasteiger partial charge in [0.15, 0.2) is 0 Å². The summed E-state index contributed by atoms with van der Waals surface area (Å²) in [6.45, 7) is 2.50. The predicted molar refractivity (Wildman–Crippen MR) is 56.0 cm³/mol. The van der Waals surface area contributed by atoms with Crippen LogP contribution in [0, 0.1) is 12.3 Å². The second-order valence-electron chi connectivity index (χ2n) is 2.96. The molecule has 0 spiro atoms. The Bertz CT molecular complexity index is 258. The zero-order valence-electron chi connectivity index (χ0n) is 9.08. The molecule has 84 valence electrons. The van der Waals surface area contributed by atoms with Crippen LogP contribution in [0.15, 0.2) is 0 Å². The average molecular weight is 212 g/mol. The fourth-order valence-corrected chi connectivity index (χ4v) is 0.934. The fraction of sp³-hybridized carbons (Fsp3) is 0.600. The van der Waals surface area contributed by atoms with Crippen LogP contribution < -0.4 is 5.32 Å². The number of hydrogen-bond donors (Lipinski definition) is 1. The largest absolute Gasteiger partial charge is 0.465 e. The van der Waals surface area contributed by atoms with Gasteiger partial charge in [-0.1, -0.05) is 5.92 Å². The van der Waals surface area contributed by atoms with Crippen molar-refractivity contribution >= 4 is 11.9 Å². The lowest BCUT2D eigenvalue weighted by atomic mass is 10.4. The number of carbonyl (C=O) groups excluding carboxylic acids is 2. The minimum Gasteiger partial charge on any atom is -0.465 e. The van der Waals surface area contributed by atoms with Crippen LogP contribution in [-0.4, -0.2) is 50.1 Å². The Hall–Kier alpha value is -1.54.